The molecule has 0 bridgehead atoms. The summed E-state index contributed by atoms with van der Waals surface area (Å²) >= 11 is 0. The second kappa shape index (κ2) is 22.6. The van der Waals surface area contributed by atoms with Gasteiger partial charge < -0.3 is 39.8 Å². The number of aliphatic hydroxyl groups excluding tert-OH is 1. The molecule has 0 radical (unpaired) electrons. The first-order valence-electron chi connectivity index (χ1n) is 21.0. The summed E-state index contributed by atoms with van der Waals surface area (Å²) in [5.41, 5.74) is 1.79. The number of allylic oxidation sites excluding steroid dienone is 1. The number of aliphatic hydroxyl groups is 1. The highest BCUT2D eigenvalue weighted by Crippen LogP contribution is 2.43. The first kappa shape index (κ1) is 46.2. The van der Waals surface area contributed by atoms with E-state index in [1.54, 1.807) is 51.1 Å². The van der Waals surface area contributed by atoms with Gasteiger partial charge >= 0.3 is 11.9 Å². The molecular formula is C46H64N2O10. The smallest absolute Gasteiger partial charge is 0.338 e. The van der Waals surface area contributed by atoms with Crippen LogP contribution in [-0.2, 0) is 39.8 Å². The number of amides is 2. The maximum atomic E-state index is 13.6. The Labute approximate surface area is 343 Å². The van der Waals surface area contributed by atoms with Crippen molar-refractivity contribution in [1.82, 2.24) is 10.6 Å². The van der Waals surface area contributed by atoms with Gasteiger partial charge in [0.15, 0.2) is 5.79 Å². The first-order chi connectivity index (χ1) is 27.7. The van der Waals surface area contributed by atoms with Crippen LogP contribution in [0.4, 0.5) is 0 Å². The van der Waals surface area contributed by atoms with Gasteiger partial charge in [0.25, 0.3) is 0 Å². The van der Waals surface area contributed by atoms with E-state index in [0.717, 1.165) is 49.7 Å². The number of esters is 2. The highest BCUT2D eigenvalue weighted by molar-refractivity contribution is 5.94. The number of carbonyl (C=O) groups excluding carboxylic acids is 4. The van der Waals surface area contributed by atoms with E-state index in [1.807, 2.05) is 36.4 Å². The molecule has 2 aliphatic rings. The average molecular weight is 805 g/mol. The summed E-state index contributed by atoms with van der Waals surface area (Å²) in [6.45, 7) is 9.27. The lowest BCUT2D eigenvalue weighted by molar-refractivity contribution is -0.190. The maximum Gasteiger partial charge on any atom is 0.338 e. The van der Waals surface area contributed by atoms with Gasteiger partial charge in [-0.25, -0.2) is 4.79 Å². The van der Waals surface area contributed by atoms with Crippen LogP contribution in [0.5, 0.6) is 5.75 Å². The number of phenols is 1. The van der Waals surface area contributed by atoms with Crippen molar-refractivity contribution in [2.75, 3.05) is 13.2 Å². The number of nitrogens with one attached hydrogen (secondary N) is 2. The van der Waals surface area contributed by atoms with Crippen molar-refractivity contribution in [2.45, 2.75) is 154 Å². The molecule has 0 saturated carbocycles. The van der Waals surface area contributed by atoms with Crippen LogP contribution in [0.25, 0.3) is 6.08 Å². The quantitative estimate of drug-likeness (QED) is 0.0703. The van der Waals surface area contributed by atoms with Gasteiger partial charge in [-0.15, -0.1) is 0 Å². The predicted octanol–water partition coefficient (Wildman–Crippen LogP) is 7.25. The molecule has 2 amide bonds. The summed E-state index contributed by atoms with van der Waals surface area (Å²) in [5.74, 6) is -2.38. The van der Waals surface area contributed by atoms with Crippen LogP contribution >= 0.6 is 0 Å². The molecule has 58 heavy (non-hydrogen) atoms. The minimum absolute atomic E-state index is 0.0212. The van der Waals surface area contributed by atoms with Crippen LogP contribution in [0.1, 0.15) is 133 Å². The Morgan fingerprint density at radius 1 is 0.948 bits per heavy atom. The summed E-state index contributed by atoms with van der Waals surface area (Å²) in [4.78, 5) is 52.1. The number of para-hydroxylation sites is 1. The lowest BCUT2D eigenvalue weighted by Gasteiger charge is -2.31. The highest BCUT2D eigenvalue weighted by atomic mass is 16.8. The van der Waals surface area contributed by atoms with Crippen LogP contribution in [0, 0.1) is 0 Å². The second-order valence-electron chi connectivity index (χ2n) is 16.3. The number of unbranched alkanes of at least 4 members (excludes halogenated alkanes) is 4. The Kier molecular flexibility index (Phi) is 18.0. The van der Waals surface area contributed by atoms with Crippen molar-refractivity contribution in [3.8, 4) is 5.75 Å². The summed E-state index contributed by atoms with van der Waals surface area (Å²) in [5, 5.41) is 25.4. The molecule has 0 unspecified atom stereocenters. The zero-order valence-electron chi connectivity index (χ0n) is 34.9. The van der Waals surface area contributed by atoms with Crippen molar-refractivity contribution in [1.29, 1.82) is 0 Å². The summed E-state index contributed by atoms with van der Waals surface area (Å²) < 4.78 is 24.9. The standard InChI is InChI=1S/C46H64N2O10/c1-6-8-12-26-46(27-13-9-7-2)56-39-30-35(43(53)47-28-25-40(51)48-36(31-49)23-24-41(52)57-45(3,4)5)29-38(42(39)58-46)55-44(54)34-21-19-32(20-22-34)15-14-17-33-16-10-11-18-37(33)50/h10-11,14-16,18-22,30,36,38-39,42,49-50H,6-9,12-13,17,23-29,31H2,1-5H3,(H,47,53)(H,48,51)/t36-,38+,39+,42-/m0/s1. The number of carbonyl (C=O) groups is 4. The lowest BCUT2D eigenvalue weighted by atomic mass is 9.91. The number of phenolic OH excluding ortho intramolecular Hbond substituents is 1. The van der Waals surface area contributed by atoms with Gasteiger partial charge in [0.2, 0.25) is 11.8 Å². The van der Waals surface area contributed by atoms with Crippen molar-refractivity contribution in [3.63, 3.8) is 0 Å². The number of benzene rings is 2. The minimum atomic E-state index is -0.859. The Bertz CT molecular complexity index is 1700. The number of aromatic hydroxyl groups is 1. The van der Waals surface area contributed by atoms with E-state index in [0.29, 0.717) is 30.4 Å². The topological polar surface area (TPSA) is 170 Å². The fourth-order valence-electron chi connectivity index (χ4n) is 7.14. The zero-order valence-corrected chi connectivity index (χ0v) is 34.9. The molecule has 12 heteroatoms. The normalized spacial score (nSPS) is 19.2. The summed E-state index contributed by atoms with van der Waals surface area (Å²) in [6, 6.07) is 13.6. The Hall–Kier alpha value is -4.52. The number of hydrogen-bond donors (Lipinski definition) is 4. The second-order valence-corrected chi connectivity index (χ2v) is 16.3. The van der Waals surface area contributed by atoms with Crippen LogP contribution in [0.15, 0.2) is 66.3 Å². The molecule has 1 aliphatic carbocycles. The SMILES string of the molecule is CCCCCC1(CCCCC)O[C@@H]2[C@@H](C=C(C(=O)NCCC(=O)N[C@H](CO)CCC(=O)OC(C)(C)C)C[C@H]2OC(=O)c2ccc(C=CCc3ccccc3O)cc2)O1. The highest BCUT2D eigenvalue weighted by Gasteiger charge is 2.52. The van der Waals surface area contributed by atoms with Gasteiger partial charge in [0.1, 0.15) is 29.7 Å². The van der Waals surface area contributed by atoms with Gasteiger partial charge in [0.05, 0.1) is 18.2 Å². The molecule has 318 valence electrons. The molecule has 4 atom stereocenters. The van der Waals surface area contributed by atoms with Crippen molar-refractivity contribution in [2.24, 2.45) is 0 Å². The molecular weight excluding hydrogens is 741 g/mol. The first-order valence-corrected chi connectivity index (χ1v) is 21.0. The van der Waals surface area contributed by atoms with E-state index in [4.69, 9.17) is 18.9 Å². The molecule has 12 nitrogen and oxygen atoms in total. The van der Waals surface area contributed by atoms with Gasteiger partial charge in [-0.3, -0.25) is 14.4 Å². The Morgan fingerprint density at radius 2 is 1.64 bits per heavy atom. The number of rotatable bonds is 22. The third kappa shape index (κ3) is 14.7. The van der Waals surface area contributed by atoms with Crippen LogP contribution in [0.3, 0.4) is 0 Å². The molecule has 4 N–H and O–H groups in total. The molecule has 1 fully saturated rings. The Balaban J connectivity index is 1.42. The van der Waals surface area contributed by atoms with Gasteiger partial charge in [0, 0.05) is 44.2 Å². The fraction of sp³-hybridized carbons (Fsp3) is 0.565. The van der Waals surface area contributed by atoms with Gasteiger partial charge in [-0.2, -0.15) is 0 Å². The van der Waals surface area contributed by atoms with E-state index in [-0.39, 0.29) is 50.5 Å². The summed E-state index contributed by atoms with van der Waals surface area (Å²) in [7, 11) is 0. The number of hydrogen-bond acceptors (Lipinski definition) is 10. The third-order valence-corrected chi connectivity index (χ3v) is 10.2. The van der Waals surface area contributed by atoms with E-state index in [2.05, 4.69) is 24.5 Å². The largest absolute Gasteiger partial charge is 0.508 e. The lowest BCUT2D eigenvalue weighted by Crippen LogP contribution is -2.44. The van der Waals surface area contributed by atoms with Gasteiger partial charge in [-0.1, -0.05) is 82.0 Å². The van der Waals surface area contributed by atoms with Crippen LogP contribution in [-0.4, -0.2) is 82.9 Å². The van der Waals surface area contributed by atoms with E-state index in [9.17, 15) is 29.4 Å². The third-order valence-electron chi connectivity index (χ3n) is 10.2. The van der Waals surface area contributed by atoms with E-state index < -0.39 is 53.6 Å². The van der Waals surface area contributed by atoms with Crippen molar-refractivity contribution in [3.05, 3.63) is 82.9 Å². The van der Waals surface area contributed by atoms with E-state index >= 15 is 0 Å². The summed E-state index contributed by atoms with van der Waals surface area (Å²) in [6.07, 6.45) is 11.8. The average Bonchev–Trinajstić information content (AvgIpc) is 3.55. The van der Waals surface area contributed by atoms with Crippen molar-refractivity contribution < 1.29 is 48.3 Å². The molecule has 0 spiro atoms. The maximum absolute atomic E-state index is 13.6. The van der Waals surface area contributed by atoms with Gasteiger partial charge in [-0.05, 0) is 81.9 Å². The molecule has 1 aliphatic heterocycles. The van der Waals surface area contributed by atoms with Crippen LogP contribution < -0.4 is 10.6 Å². The number of ether oxygens (including phenoxy) is 4. The molecule has 1 saturated heterocycles. The Morgan fingerprint density at radius 3 is 2.28 bits per heavy atom. The van der Waals surface area contributed by atoms with Crippen molar-refractivity contribution >= 4 is 29.8 Å². The molecule has 1 heterocycles. The predicted molar refractivity (Wildman–Crippen MR) is 222 cm³/mol. The molecule has 2 aromatic carbocycles. The minimum Gasteiger partial charge on any atom is -0.508 e. The van der Waals surface area contributed by atoms with Crippen LogP contribution in [0.2, 0.25) is 0 Å². The van der Waals surface area contributed by atoms with E-state index in [1.165, 1.54) is 0 Å². The monoisotopic (exact) mass is 804 g/mol. The molecule has 4 rings (SSSR count). The zero-order chi connectivity index (χ0) is 42.1. The number of fused-ring (bicyclic) bond motifs is 1. The molecule has 2 aromatic rings. The molecule has 0 aromatic heterocycles. The fourth-order valence-corrected chi connectivity index (χ4v) is 7.14.